The Hall–Kier alpha value is -0.610. The zero-order valence-corrected chi connectivity index (χ0v) is 17.3. The van der Waals surface area contributed by atoms with E-state index in [1.807, 2.05) is 40.7 Å². The van der Waals surface area contributed by atoms with Gasteiger partial charge in [0.15, 0.2) is 0 Å². The van der Waals surface area contributed by atoms with Crippen LogP contribution in [0.4, 0.5) is 0 Å². The van der Waals surface area contributed by atoms with Crippen LogP contribution in [0, 0.1) is 10.8 Å². The minimum absolute atomic E-state index is 0.00224. The van der Waals surface area contributed by atoms with Crippen LogP contribution in [0.3, 0.4) is 0 Å². The van der Waals surface area contributed by atoms with E-state index in [1.54, 1.807) is 6.08 Å². The molecule has 4 heteroatoms. The minimum atomic E-state index is -3.71. The summed E-state index contributed by atoms with van der Waals surface area (Å²) in [4.78, 5) is 0.341. The molecule has 0 heterocycles. The lowest BCUT2D eigenvalue weighted by molar-refractivity contribution is 0.0562. The Kier molecular flexibility index (Phi) is 8.25. The summed E-state index contributed by atoms with van der Waals surface area (Å²) in [5.74, 6) is 0. The highest BCUT2D eigenvalue weighted by molar-refractivity contribution is 7.90. The van der Waals surface area contributed by atoms with E-state index in [0.717, 1.165) is 12.0 Å². The van der Waals surface area contributed by atoms with Gasteiger partial charge in [-0.05, 0) is 43.1 Å². The molecular weight excluding hydrogens is 308 g/mol. The molecule has 1 unspecified atom stereocenters. The highest BCUT2D eigenvalue weighted by Gasteiger charge is 2.34. The third kappa shape index (κ3) is 8.71. The van der Waals surface area contributed by atoms with E-state index in [9.17, 15) is 8.42 Å². The predicted molar refractivity (Wildman–Crippen MR) is 99.7 cm³/mol. The van der Waals surface area contributed by atoms with Crippen molar-refractivity contribution in [1.82, 2.24) is 0 Å². The van der Waals surface area contributed by atoms with E-state index in [2.05, 4.69) is 27.7 Å². The molecule has 0 spiro atoms. The maximum atomic E-state index is 12.7. The molecule has 0 saturated heterocycles. The van der Waals surface area contributed by atoms with Gasteiger partial charge in [-0.3, -0.25) is 4.18 Å². The normalized spacial score (nSPS) is 16.6. The number of hydrogen-bond acceptors (Lipinski definition) is 3. The first-order chi connectivity index (χ1) is 10.2. The van der Waals surface area contributed by atoms with Gasteiger partial charge in [0.2, 0.25) is 0 Å². The average molecular weight is 345 g/mol. The van der Waals surface area contributed by atoms with Crippen molar-refractivity contribution < 1.29 is 12.6 Å². The molecular formula is C19H36O3S. The quantitative estimate of drug-likeness (QED) is 0.431. The third-order valence-corrected chi connectivity index (χ3v) is 5.34. The van der Waals surface area contributed by atoms with Gasteiger partial charge in [-0.2, -0.15) is 8.42 Å². The van der Waals surface area contributed by atoms with Crippen LogP contribution in [0.2, 0.25) is 0 Å². The zero-order chi connectivity index (χ0) is 18.5. The summed E-state index contributed by atoms with van der Waals surface area (Å²) in [6.45, 7) is 18.3. The van der Waals surface area contributed by atoms with Crippen LogP contribution in [0.15, 0.2) is 22.6 Å². The van der Waals surface area contributed by atoms with Crippen LogP contribution in [-0.4, -0.2) is 14.5 Å². The fraction of sp³-hybridized carbons (Fsp3) is 0.789. The molecule has 0 bridgehead atoms. The number of allylic oxidation sites excluding steroid dienone is 4. The summed E-state index contributed by atoms with van der Waals surface area (Å²) in [6, 6.07) is 0. The first-order valence-electron chi connectivity index (χ1n) is 8.52. The van der Waals surface area contributed by atoms with E-state index in [4.69, 9.17) is 4.18 Å². The van der Waals surface area contributed by atoms with E-state index in [1.165, 1.54) is 0 Å². The van der Waals surface area contributed by atoms with Crippen LogP contribution >= 0.6 is 0 Å². The Balaban J connectivity index is 5.53. The summed E-state index contributed by atoms with van der Waals surface area (Å²) in [7, 11) is -3.71. The summed E-state index contributed by atoms with van der Waals surface area (Å²) < 4.78 is 31.0. The van der Waals surface area contributed by atoms with Crippen molar-refractivity contribution in [2.45, 2.75) is 87.7 Å². The van der Waals surface area contributed by atoms with E-state index in [0.29, 0.717) is 17.7 Å². The molecule has 23 heavy (non-hydrogen) atoms. The molecule has 0 aromatic carbocycles. The second-order valence-corrected chi connectivity index (χ2v) is 10.1. The molecule has 0 aliphatic carbocycles. The van der Waals surface area contributed by atoms with Crippen LogP contribution in [0.25, 0.3) is 0 Å². The van der Waals surface area contributed by atoms with Gasteiger partial charge in [-0.1, -0.05) is 67.0 Å². The molecule has 1 atom stereocenters. The molecule has 0 radical (unpaired) electrons. The maximum absolute atomic E-state index is 12.7. The molecule has 0 saturated carbocycles. The molecule has 0 amide bonds. The summed E-state index contributed by atoms with van der Waals surface area (Å²) >= 11 is 0. The van der Waals surface area contributed by atoms with Crippen molar-refractivity contribution in [2.24, 2.45) is 10.8 Å². The standard InChI is InChI=1S/C19H36O3S/c1-10-15(3)12-13-16(11-2)23(20,21)22-17(19(7,8)9)14-18(4,5)6/h12-13,17H,10-11,14H2,1-9H3/b15-12-,16-13+. The number of rotatable bonds is 7. The molecule has 3 nitrogen and oxygen atoms in total. The first-order valence-corrected chi connectivity index (χ1v) is 9.93. The van der Waals surface area contributed by atoms with E-state index >= 15 is 0 Å². The molecule has 0 aromatic heterocycles. The van der Waals surface area contributed by atoms with Crippen molar-refractivity contribution >= 4 is 10.1 Å². The SMILES string of the molecule is CC/C(C)=C\C=C(/CC)S(=O)(=O)OC(CC(C)(C)C)C(C)(C)C. The largest absolute Gasteiger partial charge is 0.293 e. The van der Waals surface area contributed by atoms with Gasteiger partial charge in [0.05, 0.1) is 11.0 Å². The smallest absolute Gasteiger partial charge is 0.263 e. The molecule has 0 aliphatic heterocycles. The maximum Gasteiger partial charge on any atom is 0.293 e. The predicted octanol–water partition coefficient (Wildman–Crippen LogP) is 5.83. The second-order valence-electron chi connectivity index (χ2n) is 8.52. The Morgan fingerprint density at radius 1 is 1.00 bits per heavy atom. The lowest BCUT2D eigenvalue weighted by atomic mass is 9.79. The topological polar surface area (TPSA) is 43.4 Å². The van der Waals surface area contributed by atoms with E-state index in [-0.39, 0.29) is 16.9 Å². The van der Waals surface area contributed by atoms with E-state index < -0.39 is 10.1 Å². The summed E-state index contributed by atoms with van der Waals surface area (Å²) in [5, 5.41) is 0. The molecule has 0 N–H and O–H groups in total. The fourth-order valence-corrected chi connectivity index (χ4v) is 3.36. The molecule has 0 aromatic rings. The Labute approximate surface area is 144 Å². The van der Waals surface area contributed by atoms with Gasteiger partial charge in [0.1, 0.15) is 0 Å². The van der Waals surface area contributed by atoms with Gasteiger partial charge in [-0.15, -0.1) is 0 Å². The van der Waals surface area contributed by atoms with Crippen molar-refractivity contribution in [3.05, 3.63) is 22.6 Å². The first kappa shape index (κ1) is 22.4. The van der Waals surface area contributed by atoms with Gasteiger partial charge in [-0.25, -0.2) is 0 Å². The number of hydrogen-bond donors (Lipinski definition) is 0. The van der Waals surface area contributed by atoms with Crippen LogP contribution in [-0.2, 0) is 14.3 Å². The van der Waals surface area contributed by atoms with Crippen molar-refractivity contribution in [3.8, 4) is 0 Å². The Morgan fingerprint density at radius 3 is 1.87 bits per heavy atom. The summed E-state index contributed by atoms with van der Waals surface area (Å²) in [5.41, 5.74) is 0.907. The third-order valence-electron chi connectivity index (χ3n) is 3.79. The highest BCUT2D eigenvalue weighted by atomic mass is 32.2. The van der Waals surface area contributed by atoms with Crippen molar-refractivity contribution in [2.75, 3.05) is 0 Å². The lowest BCUT2D eigenvalue weighted by Crippen LogP contribution is -2.35. The minimum Gasteiger partial charge on any atom is -0.263 e. The summed E-state index contributed by atoms with van der Waals surface area (Å²) in [6.07, 6.45) is 5.24. The van der Waals surface area contributed by atoms with Gasteiger partial charge < -0.3 is 0 Å². The van der Waals surface area contributed by atoms with Gasteiger partial charge in [0.25, 0.3) is 10.1 Å². The average Bonchev–Trinajstić information content (AvgIpc) is 2.34. The molecule has 0 rings (SSSR count). The molecule has 0 aliphatic rings. The fourth-order valence-electron chi connectivity index (χ4n) is 1.99. The Morgan fingerprint density at radius 2 is 1.52 bits per heavy atom. The Bertz CT molecular complexity index is 526. The molecule has 136 valence electrons. The monoisotopic (exact) mass is 344 g/mol. The zero-order valence-electron chi connectivity index (χ0n) is 16.5. The van der Waals surface area contributed by atoms with Crippen molar-refractivity contribution in [3.63, 3.8) is 0 Å². The van der Waals surface area contributed by atoms with Crippen molar-refractivity contribution in [1.29, 1.82) is 0 Å². The van der Waals surface area contributed by atoms with Crippen LogP contribution in [0.1, 0.15) is 81.6 Å². The van der Waals surface area contributed by atoms with Gasteiger partial charge in [0, 0.05) is 0 Å². The van der Waals surface area contributed by atoms with Crippen LogP contribution in [0.5, 0.6) is 0 Å². The second kappa shape index (κ2) is 8.48. The molecule has 0 fully saturated rings. The van der Waals surface area contributed by atoms with Crippen LogP contribution < -0.4 is 0 Å². The van der Waals surface area contributed by atoms with Gasteiger partial charge >= 0.3 is 0 Å². The highest BCUT2D eigenvalue weighted by Crippen LogP contribution is 2.35. The lowest BCUT2D eigenvalue weighted by Gasteiger charge is -2.34.